The fraction of sp³-hybridized carbons (Fsp3) is 0.217. The molecule has 1 aromatic heterocycles. The van der Waals surface area contributed by atoms with E-state index < -0.39 is 12.1 Å². The lowest BCUT2D eigenvalue weighted by molar-refractivity contribution is -0.152. The van der Waals surface area contributed by atoms with Gasteiger partial charge in [-0.2, -0.15) is 0 Å². The minimum absolute atomic E-state index is 0.102. The third kappa shape index (κ3) is 6.59. The summed E-state index contributed by atoms with van der Waals surface area (Å²) < 4.78 is 16.2. The molecule has 0 fully saturated rings. The highest BCUT2D eigenvalue weighted by molar-refractivity contribution is 6.36. The Kier molecular flexibility index (Phi) is 8.12. The van der Waals surface area contributed by atoms with E-state index in [1.54, 1.807) is 12.1 Å². The number of pyridine rings is 1. The van der Waals surface area contributed by atoms with Crippen LogP contribution in [0, 0.1) is 0 Å². The Morgan fingerprint density at radius 1 is 1.10 bits per heavy atom. The van der Waals surface area contributed by atoms with Gasteiger partial charge in [0.1, 0.15) is 6.61 Å². The molecular weight excluding hydrogens is 441 g/mol. The zero-order valence-electron chi connectivity index (χ0n) is 16.8. The highest BCUT2D eigenvalue weighted by atomic mass is 35.5. The molecule has 1 atom stereocenters. The molecule has 0 spiro atoms. The van der Waals surface area contributed by atoms with Crippen LogP contribution < -0.4 is 4.74 Å². The first-order valence-electron chi connectivity index (χ1n) is 9.53. The molecule has 0 amide bonds. The number of esters is 1. The van der Waals surface area contributed by atoms with Gasteiger partial charge in [0.2, 0.25) is 0 Å². The predicted molar refractivity (Wildman–Crippen MR) is 119 cm³/mol. The van der Waals surface area contributed by atoms with Crippen molar-refractivity contribution in [3.05, 3.63) is 76.4 Å². The summed E-state index contributed by atoms with van der Waals surface area (Å²) in [5.74, 6) is -0.580. The van der Waals surface area contributed by atoms with Gasteiger partial charge in [-0.15, -0.1) is 0 Å². The van der Waals surface area contributed by atoms with Crippen LogP contribution in [-0.2, 0) is 20.9 Å². The molecule has 0 saturated heterocycles. The number of nitrogens with zero attached hydrogens (tertiary/aromatic N) is 1. The van der Waals surface area contributed by atoms with Crippen LogP contribution in [0.15, 0.2) is 60.8 Å². The van der Waals surface area contributed by atoms with Gasteiger partial charge in [-0.05, 0) is 36.8 Å². The van der Waals surface area contributed by atoms with Crippen LogP contribution in [0.4, 0.5) is 0 Å². The number of aromatic hydroxyl groups is 1. The highest BCUT2D eigenvalue weighted by Gasteiger charge is 2.19. The normalized spacial score (nSPS) is 11.7. The van der Waals surface area contributed by atoms with Crippen molar-refractivity contribution in [2.45, 2.75) is 19.6 Å². The standard InChI is InChI=1S/C23H21Cl2NO5/c1-15(23(28)30-10-9-29-14-16-5-3-2-4-6-16)31-21-8-7-17(11-20(21)27)22-19(25)12-18(24)13-26-22/h2-8,11-13,15,27H,9-10,14H2,1H3/t15-/m1/s1. The number of carbonyl (C=O) groups excluding carboxylic acids is 1. The number of hydrogen-bond acceptors (Lipinski definition) is 6. The van der Waals surface area contributed by atoms with Crippen LogP contribution in [0.25, 0.3) is 11.3 Å². The molecule has 0 unspecified atom stereocenters. The molecule has 1 heterocycles. The molecule has 31 heavy (non-hydrogen) atoms. The van der Waals surface area contributed by atoms with Gasteiger partial charge in [-0.25, -0.2) is 4.79 Å². The van der Waals surface area contributed by atoms with Crippen LogP contribution >= 0.6 is 23.2 Å². The van der Waals surface area contributed by atoms with E-state index in [9.17, 15) is 9.90 Å². The van der Waals surface area contributed by atoms with Gasteiger partial charge >= 0.3 is 5.97 Å². The molecule has 8 heteroatoms. The van der Waals surface area contributed by atoms with Crippen molar-refractivity contribution in [2.75, 3.05) is 13.2 Å². The SMILES string of the molecule is C[C@@H](Oc1ccc(-c2ncc(Cl)cc2Cl)cc1O)C(=O)OCCOCc1ccccc1. The van der Waals surface area contributed by atoms with Gasteiger partial charge in [0.05, 0.1) is 29.0 Å². The Morgan fingerprint density at radius 2 is 1.87 bits per heavy atom. The molecule has 2 aromatic carbocycles. The third-order valence-electron chi connectivity index (χ3n) is 4.26. The van der Waals surface area contributed by atoms with E-state index in [2.05, 4.69) is 4.98 Å². The molecule has 1 N–H and O–H groups in total. The van der Waals surface area contributed by atoms with E-state index in [1.807, 2.05) is 30.3 Å². The number of aromatic nitrogens is 1. The molecule has 6 nitrogen and oxygen atoms in total. The number of phenolic OH excluding ortho intramolecular Hbond substituents is 1. The van der Waals surface area contributed by atoms with Crippen LogP contribution in [0.5, 0.6) is 11.5 Å². The predicted octanol–water partition coefficient (Wildman–Crippen LogP) is 5.29. The summed E-state index contributed by atoms with van der Waals surface area (Å²) in [5.41, 5.74) is 2.09. The van der Waals surface area contributed by atoms with Crippen LogP contribution in [0.1, 0.15) is 12.5 Å². The van der Waals surface area contributed by atoms with E-state index in [0.717, 1.165) is 5.56 Å². The molecule has 3 rings (SSSR count). The van der Waals surface area contributed by atoms with Crippen molar-refractivity contribution in [2.24, 2.45) is 0 Å². The molecule has 0 aliphatic rings. The fourth-order valence-corrected chi connectivity index (χ4v) is 3.20. The third-order valence-corrected chi connectivity index (χ3v) is 4.75. The molecule has 3 aromatic rings. The molecule has 0 radical (unpaired) electrons. The quantitative estimate of drug-likeness (QED) is 0.344. The average Bonchev–Trinajstić information content (AvgIpc) is 2.75. The van der Waals surface area contributed by atoms with Crippen molar-refractivity contribution in [1.29, 1.82) is 0 Å². The summed E-state index contributed by atoms with van der Waals surface area (Å²) in [5, 5.41) is 11.1. The Bertz CT molecular complexity index is 1030. The topological polar surface area (TPSA) is 77.9 Å². The lowest BCUT2D eigenvalue weighted by Gasteiger charge is -2.15. The minimum atomic E-state index is -0.914. The summed E-state index contributed by atoms with van der Waals surface area (Å²) in [4.78, 5) is 16.3. The highest BCUT2D eigenvalue weighted by Crippen LogP contribution is 2.34. The summed E-state index contributed by atoms with van der Waals surface area (Å²) in [7, 11) is 0. The number of halogens is 2. The number of phenols is 1. The van der Waals surface area contributed by atoms with E-state index in [0.29, 0.717) is 27.9 Å². The van der Waals surface area contributed by atoms with Gasteiger partial charge < -0.3 is 19.3 Å². The van der Waals surface area contributed by atoms with E-state index in [4.69, 9.17) is 37.4 Å². The summed E-state index contributed by atoms with van der Waals surface area (Å²) in [6.45, 7) is 2.35. The summed E-state index contributed by atoms with van der Waals surface area (Å²) >= 11 is 12.0. The second kappa shape index (κ2) is 11.0. The van der Waals surface area contributed by atoms with Crippen molar-refractivity contribution < 1.29 is 24.1 Å². The van der Waals surface area contributed by atoms with Crippen molar-refractivity contribution in [3.8, 4) is 22.8 Å². The Morgan fingerprint density at radius 3 is 2.58 bits per heavy atom. The van der Waals surface area contributed by atoms with Gasteiger partial charge in [-0.3, -0.25) is 4.98 Å². The molecule has 162 valence electrons. The average molecular weight is 462 g/mol. The summed E-state index contributed by atoms with van der Waals surface area (Å²) in [6, 6.07) is 15.9. The minimum Gasteiger partial charge on any atom is -0.504 e. The fourth-order valence-electron chi connectivity index (χ4n) is 2.71. The molecule has 0 bridgehead atoms. The first-order chi connectivity index (χ1) is 14.9. The zero-order valence-corrected chi connectivity index (χ0v) is 18.3. The largest absolute Gasteiger partial charge is 0.504 e. The first kappa shape index (κ1) is 22.9. The number of hydrogen-bond donors (Lipinski definition) is 1. The molecular formula is C23H21Cl2NO5. The van der Waals surface area contributed by atoms with Crippen molar-refractivity contribution in [3.63, 3.8) is 0 Å². The smallest absolute Gasteiger partial charge is 0.347 e. The lowest BCUT2D eigenvalue weighted by atomic mass is 10.1. The number of benzene rings is 2. The number of ether oxygens (including phenoxy) is 3. The monoisotopic (exact) mass is 461 g/mol. The van der Waals surface area contributed by atoms with Crippen molar-refractivity contribution in [1.82, 2.24) is 4.98 Å². The maximum Gasteiger partial charge on any atom is 0.347 e. The number of rotatable bonds is 9. The molecule has 0 saturated carbocycles. The molecule has 0 aliphatic heterocycles. The van der Waals surface area contributed by atoms with E-state index in [-0.39, 0.29) is 24.7 Å². The lowest BCUT2D eigenvalue weighted by Crippen LogP contribution is -2.27. The van der Waals surface area contributed by atoms with Crippen LogP contribution in [0.2, 0.25) is 10.0 Å². The van der Waals surface area contributed by atoms with Gasteiger partial charge in [0.25, 0.3) is 0 Å². The Labute approximate surface area is 190 Å². The Balaban J connectivity index is 1.49. The van der Waals surface area contributed by atoms with E-state index >= 15 is 0 Å². The maximum absolute atomic E-state index is 12.1. The maximum atomic E-state index is 12.1. The van der Waals surface area contributed by atoms with Gasteiger partial charge in [-0.1, -0.05) is 53.5 Å². The molecule has 0 aliphatic carbocycles. The summed E-state index contributed by atoms with van der Waals surface area (Å²) in [6.07, 6.45) is 0.550. The van der Waals surface area contributed by atoms with E-state index in [1.165, 1.54) is 25.3 Å². The van der Waals surface area contributed by atoms with Crippen LogP contribution in [0.3, 0.4) is 0 Å². The second-order valence-electron chi connectivity index (χ2n) is 6.63. The van der Waals surface area contributed by atoms with Crippen molar-refractivity contribution >= 4 is 29.2 Å². The second-order valence-corrected chi connectivity index (χ2v) is 7.48. The van der Waals surface area contributed by atoms with Crippen LogP contribution in [-0.4, -0.2) is 35.4 Å². The Hall–Kier alpha value is -2.80. The zero-order chi connectivity index (χ0) is 22.2. The van der Waals surface area contributed by atoms with Gasteiger partial charge in [0.15, 0.2) is 17.6 Å². The first-order valence-corrected chi connectivity index (χ1v) is 10.3. The number of carbonyl (C=O) groups is 1. The van der Waals surface area contributed by atoms with Gasteiger partial charge in [0, 0.05) is 11.8 Å².